The Bertz CT molecular complexity index is 2070. The van der Waals surface area contributed by atoms with Crippen molar-refractivity contribution in [2.45, 2.75) is 128 Å². The van der Waals surface area contributed by atoms with E-state index in [4.69, 9.17) is 10.5 Å². The molecule has 2 aromatic rings. The Morgan fingerprint density at radius 3 is 2.30 bits per heavy atom. The monoisotopic (exact) mass is 1010 g/mol. The molecule has 3 heterocycles. The largest absolute Gasteiger partial charge is 0.790 e. The standard InChI is InChI=1S/C38H64N7O17P3S/c1-4-5-6-7-8-9-10-11-12-13-14-15-16-17-18-29(47)66-22-21-40-28(46)19-20-41-36(50)33(49)38(2,3)24-59-65(56,57)62-64(54,55)58-23-27-32(61-63(51,52)53)31(48)37(60-27)45-26-44-30-34(39)42-25-43-35(30)45/h7-8,10-11,25-27,31-33,37,48-49H,4-6,9,12-24H2,1-3H3,(H,40,46)(H,41,50)(H,54,55)(H,56,57)(H2,39,42,43)(H2,51,52,53)/p-4/b8-7-,11-10-/t27-,31-,32-,33+,37-/m1/s1. The molecule has 0 spiro atoms. The number of allylic oxidation sites excluding steroid dienone is 4. The number of ether oxygens (including phenoxy) is 1. The summed E-state index contributed by atoms with van der Waals surface area (Å²) in [5.74, 6) is -1.15. The number of amides is 2. The number of fused-ring (bicyclic) bond motifs is 1. The molecule has 1 aliphatic heterocycles. The number of carbonyl (C=O) groups excluding carboxylic acids is 3. The number of thioether (sulfide) groups is 1. The first-order chi connectivity index (χ1) is 31.1. The highest BCUT2D eigenvalue weighted by atomic mass is 32.2. The summed E-state index contributed by atoms with van der Waals surface area (Å²) in [6.07, 6.45) is 12.4. The van der Waals surface area contributed by atoms with Crippen LogP contribution in [0.15, 0.2) is 37.0 Å². The molecular weight excluding hydrogens is 951 g/mol. The molecule has 3 rings (SSSR count). The van der Waals surface area contributed by atoms with Gasteiger partial charge >= 0.3 is 0 Å². The second-order valence-electron chi connectivity index (χ2n) is 15.8. The molecule has 7 atom stereocenters. The van der Waals surface area contributed by atoms with Gasteiger partial charge in [0.15, 0.2) is 22.8 Å². The van der Waals surface area contributed by atoms with Gasteiger partial charge in [-0.05, 0) is 32.1 Å². The third kappa shape index (κ3) is 20.7. The predicted molar refractivity (Wildman–Crippen MR) is 233 cm³/mol. The predicted octanol–water partition coefficient (Wildman–Crippen LogP) is 1.56. The molecule has 1 fully saturated rings. The zero-order chi connectivity index (χ0) is 49.0. The quantitative estimate of drug-likeness (QED) is 0.0394. The molecule has 24 nitrogen and oxygen atoms in total. The summed E-state index contributed by atoms with van der Waals surface area (Å²) < 4.78 is 60.8. The van der Waals surface area contributed by atoms with E-state index >= 15 is 0 Å². The molecule has 28 heteroatoms. The smallest absolute Gasteiger partial charge is 0.274 e. The second-order valence-corrected chi connectivity index (χ2v) is 21.0. The van der Waals surface area contributed by atoms with E-state index in [1.807, 2.05) is 0 Å². The van der Waals surface area contributed by atoms with Gasteiger partial charge in [0.2, 0.25) is 11.8 Å². The van der Waals surface area contributed by atoms with E-state index < -0.39 is 84.6 Å². The van der Waals surface area contributed by atoms with Gasteiger partial charge in [-0.1, -0.05) is 88.9 Å². The third-order valence-electron chi connectivity index (χ3n) is 9.82. The SMILES string of the molecule is CCCC/C=C\C/C=C\CCCCCCCC(=O)SCCNC(=O)CCNC(=O)[C@H](O)C(C)(C)COP(=O)([O-])OP(=O)([O-])OC[C@H]1O[C@@H](n2cnc3c(N)ncnc32)[C@H](O)[C@@H]1OP(=O)([O-])[O-]. The zero-order valence-electron chi connectivity index (χ0n) is 37.0. The minimum Gasteiger partial charge on any atom is -0.790 e. The van der Waals surface area contributed by atoms with Gasteiger partial charge in [-0.15, -0.1) is 0 Å². The highest BCUT2D eigenvalue weighted by molar-refractivity contribution is 8.13. The Labute approximate surface area is 387 Å². The van der Waals surface area contributed by atoms with Crippen LogP contribution in [0, 0.1) is 5.41 Å². The number of nitrogens with zero attached hydrogens (tertiary/aromatic N) is 4. The average molecular weight is 1010 g/mol. The van der Waals surface area contributed by atoms with Gasteiger partial charge in [0, 0.05) is 37.1 Å². The molecule has 1 saturated heterocycles. The summed E-state index contributed by atoms with van der Waals surface area (Å²) in [6, 6.07) is 0. The number of anilines is 1. The summed E-state index contributed by atoms with van der Waals surface area (Å²) in [5, 5.41) is 26.4. The highest BCUT2D eigenvalue weighted by Crippen LogP contribution is 2.56. The normalized spacial score (nSPS) is 20.4. The number of nitrogens with one attached hydrogen (secondary N) is 2. The number of aromatic nitrogens is 4. The lowest BCUT2D eigenvalue weighted by molar-refractivity contribution is -0.347. The molecule has 0 bridgehead atoms. The van der Waals surface area contributed by atoms with Crippen molar-refractivity contribution in [2.24, 2.45) is 5.41 Å². The molecular formula is C38H60N7O17P3S-4. The van der Waals surface area contributed by atoms with Crippen molar-refractivity contribution in [2.75, 3.05) is 37.8 Å². The lowest BCUT2D eigenvalue weighted by Gasteiger charge is -2.36. The number of nitrogens with two attached hydrogens (primary N) is 1. The fourth-order valence-corrected chi connectivity index (χ4v) is 9.69. The first-order valence-corrected chi connectivity index (χ1v) is 26.7. The van der Waals surface area contributed by atoms with Crippen LogP contribution in [0.3, 0.4) is 0 Å². The van der Waals surface area contributed by atoms with Crippen LogP contribution in [0.5, 0.6) is 0 Å². The number of unbranched alkanes of at least 4 members (excludes halogenated alkanes) is 7. The van der Waals surface area contributed by atoms with Crippen molar-refractivity contribution in [3.8, 4) is 0 Å². The lowest BCUT2D eigenvalue weighted by Crippen LogP contribution is -2.46. The minimum atomic E-state index is -5.92. The number of aliphatic hydroxyl groups is 2. The maximum atomic E-state index is 12.6. The van der Waals surface area contributed by atoms with Crippen molar-refractivity contribution in [1.29, 1.82) is 0 Å². The average Bonchev–Trinajstić information content (AvgIpc) is 3.80. The number of hydrogen-bond donors (Lipinski definition) is 5. The second kappa shape index (κ2) is 27.9. The summed E-state index contributed by atoms with van der Waals surface area (Å²) >= 11 is 1.13. The van der Waals surface area contributed by atoms with Gasteiger partial charge in [0.25, 0.3) is 15.6 Å². The maximum Gasteiger partial charge on any atom is 0.274 e. The number of phosphoric acid groups is 3. The molecule has 2 unspecified atom stereocenters. The molecule has 0 aliphatic carbocycles. The van der Waals surface area contributed by atoms with E-state index in [-0.39, 0.29) is 41.6 Å². The van der Waals surface area contributed by atoms with Crippen molar-refractivity contribution >= 4 is 69.1 Å². The fourth-order valence-electron chi connectivity index (χ4n) is 6.23. The Morgan fingerprint density at radius 2 is 1.61 bits per heavy atom. The number of nitrogen functional groups attached to an aromatic ring is 1. The number of phosphoric ester groups is 3. The van der Waals surface area contributed by atoms with Gasteiger partial charge in [-0.3, -0.25) is 28.1 Å². The number of carbonyl (C=O) groups is 3. The van der Waals surface area contributed by atoms with Gasteiger partial charge in [0.05, 0.1) is 27.4 Å². The number of imidazole rings is 1. The Kier molecular flexibility index (Phi) is 24.2. The van der Waals surface area contributed by atoms with E-state index in [9.17, 15) is 57.9 Å². The summed E-state index contributed by atoms with van der Waals surface area (Å²) in [5.41, 5.74) is 4.09. The Balaban J connectivity index is 1.32. The molecule has 0 saturated carbocycles. The third-order valence-corrected chi connectivity index (χ3v) is 13.8. The molecule has 2 amide bonds. The first kappa shape index (κ1) is 57.4. The van der Waals surface area contributed by atoms with Gasteiger partial charge in [0.1, 0.15) is 36.3 Å². The zero-order valence-corrected chi connectivity index (χ0v) is 40.5. The van der Waals surface area contributed by atoms with E-state index in [1.165, 1.54) is 26.7 Å². The van der Waals surface area contributed by atoms with E-state index in [0.717, 1.165) is 80.4 Å². The molecule has 0 radical (unpaired) electrons. The van der Waals surface area contributed by atoms with E-state index in [0.29, 0.717) is 12.2 Å². The number of hydrogen-bond acceptors (Lipinski definition) is 22. The topological polar surface area (TPSA) is 375 Å². The number of aliphatic hydroxyl groups excluding tert-OH is 2. The van der Waals surface area contributed by atoms with Crippen LogP contribution in [0.1, 0.15) is 104 Å². The van der Waals surface area contributed by atoms with Crippen molar-refractivity contribution in [3.63, 3.8) is 0 Å². The van der Waals surface area contributed by atoms with E-state index in [2.05, 4.69) is 74.7 Å². The first-order valence-electron chi connectivity index (χ1n) is 21.3. The van der Waals surface area contributed by atoms with Crippen LogP contribution in [-0.4, -0.2) is 103 Å². The van der Waals surface area contributed by atoms with Crippen LogP contribution in [0.25, 0.3) is 11.2 Å². The van der Waals surface area contributed by atoms with Crippen molar-refractivity contribution in [3.05, 3.63) is 37.0 Å². The lowest BCUT2D eigenvalue weighted by atomic mass is 9.87. The summed E-state index contributed by atoms with van der Waals surface area (Å²) in [4.78, 5) is 96.8. The van der Waals surface area contributed by atoms with E-state index in [1.54, 1.807) is 0 Å². The fraction of sp³-hybridized carbons (Fsp3) is 0.684. The Morgan fingerprint density at radius 1 is 0.939 bits per heavy atom. The van der Waals surface area contributed by atoms with Crippen LogP contribution in [0.4, 0.5) is 5.82 Å². The van der Waals surface area contributed by atoms with Crippen molar-refractivity contribution < 1.29 is 80.5 Å². The minimum absolute atomic E-state index is 0.0197. The van der Waals surface area contributed by atoms with Crippen molar-refractivity contribution in [1.82, 2.24) is 30.2 Å². The molecule has 374 valence electrons. The summed E-state index contributed by atoms with van der Waals surface area (Å²) in [6.45, 7) is 2.33. The maximum absolute atomic E-state index is 12.6. The van der Waals surface area contributed by atoms with Crippen LogP contribution < -0.4 is 35.9 Å². The van der Waals surface area contributed by atoms with Gasteiger partial charge < -0.3 is 69.0 Å². The Hall–Kier alpha value is -2.96. The van der Waals surface area contributed by atoms with Crippen LogP contribution in [0.2, 0.25) is 0 Å². The highest BCUT2D eigenvalue weighted by Gasteiger charge is 2.47. The molecule has 2 aromatic heterocycles. The molecule has 0 aromatic carbocycles. The molecule has 6 N–H and O–H groups in total. The molecule has 66 heavy (non-hydrogen) atoms. The number of rotatable bonds is 32. The van der Waals surface area contributed by atoms with Gasteiger partial charge in [-0.25, -0.2) is 19.3 Å². The van der Waals surface area contributed by atoms with Crippen LogP contribution in [-0.2, 0) is 50.7 Å². The summed E-state index contributed by atoms with van der Waals surface area (Å²) in [7, 11) is -17.6. The van der Waals surface area contributed by atoms with Crippen LogP contribution >= 0.6 is 35.2 Å². The molecule has 1 aliphatic rings. The van der Waals surface area contributed by atoms with Gasteiger partial charge in [-0.2, -0.15) is 0 Å².